The fourth-order valence-electron chi connectivity index (χ4n) is 3.72. The number of benzene rings is 1. The smallest absolute Gasteiger partial charge is 0.407 e. The number of hydrogen-bond acceptors (Lipinski definition) is 8. The number of ether oxygens (including phenoxy) is 2. The van der Waals surface area contributed by atoms with Gasteiger partial charge in [-0.3, -0.25) is 18.5 Å². The highest BCUT2D eigenvalue weighted by molar-refractivity contribution is 5.74. The summed E-state index contributed by atoms with van der Waals surface area (Å²) in [6.07, 6.45) is -0.214. The molecule has 0 aliphatic carbocycles. The molecule has 0 unspecified atom stereocenters. The van der Waals surface area contributed by atoms with Gasteiger partial charge in [-0.1, -0.05) is 12.1 Å². The number of rotatable bonds is 10. The maximum absolute atomic E-state index is 13.5. The van der Waals surface area contributed by atoms with Crippen molar-refractivity contribution in [3.63, 3.8) is 0 Å². The lowest BCUT2D eigenvalue weighted by molar-refractivity contribution is 0.0526. The molecular weight excluding hydrogens is 468 g/mol. The van der Waals surface area contributed by atoms with Gasteiger partial charge in [-0.15, -0.1) is 0 Å². The largest absolute Gasteiger partial charge is 0.497 e. The van der Waals surface area contributed by atoms with E-state index in [4.69, 9.17) is 9.47 Å². The number of alkyl carbamates (subject to hydrolysis) is 1. The molecule has 1 aromatic carbocycles. The van der Waals surface area contributed by atoms with Crippen LogP contribution >= 0.6 is 0 Å². The van der Waals surface area contributed by atoms with Crippen LogP contribution in [0.4, 0.5) is 10.7 Å². The van der Waals surface area contributed by atoms with Gasteiger partial charge in [0.25, 0.3) is 5.56 Å². The predicted octanol–water partition coefficient (Wildman–Crippen LogP) is 1.27. The zero-order valence-electron chi connectivity index (χ0n) is 21.3. The monoisotopic (exact) mass is 502 g/mol. The summed E-state index contributed by atoms with van der Waals surface area (Å²) in [4.78, 5) is 42.9. The third kappa shape index (κ3) is 6.25. The molecule has 0 spiro atoms. The Balaban J connectivity index is 1.95. The Labute approximate surface area is 208 Å². The number of carbonyl (C=O) groups excluding carboxylic acids is 1. The summed E-state index contributed by atoms with van der Waals surface area (Å²) in [7, 11) is 3.13. The van der Waals surface area contributed by atoms with Crippen molar-refractivity contribution in [2.24, 2.45) is 7.05 Å². The lowest BCUT2D eigenvalue weighted by atomic mass is 10.2. The number of carbonyl (C=O) groups is 1. The van der Waals surface area contributed by atoms with Crippen LogP contribution in [0.3, 0.4) is 0 Å². The number of anilines is 1. The molecule has 0 radical (unpaired) electrons. The second kappa shape index (κ2) is 11.3. The van der Waals surface area contributed by atoms with Crippen molar-refractivity contribution in [2.75, 3.05) is 32.1 Å². The summed E-state index contributed by atoms with van der Waals surface area (Å²) in [5.74, 6) is 1.03. The van der Waals surface area contributed by atoms with Crippen molar-refractivity contribution >= 4 is 23.2 Å². The van der Waals surface area contributed by atoms with Gasteiger partial charge in [-0.25, -0.2) is 9.59 Å². The fourth-order valence-corrected chi connectivity index (χ4v) is 3.72. The molecule has 3 rings (SSSR count). The molecule has 36 heavy (non-hydrogen) atoms. The number of aryl methyl sites for hydroxylation is 1. The van der Waals surface area contributed by atoms with Gasteiger partial charge < -0.3 is 25.2 Å². The summed E-state index contributed by atoms with van der Waals surface area (Å²) in [5.41, 5.74) is -0.272. The van der Waals surface area contributed by atoms with Crippen LogP contribution in [0.25, 0.3) is 11.2 Å². The van der Waals surface area contributed by atoms with E-state index in [0.29, 0.717) is 18.1 Å². The number of amides is 1. The first kappa shape index (κ1) is 26.8. The van der Waals surface area contributed by atoms with Crippen LogP contribution in [0.2, 0.25) is 0 Å². The SMILES string of the molecule is COc1cccc(Cn2c(NCCO)nc3c2c(=O)n(CCCNC(=O)OC(C)(C)C)c(=O)n3C)c1. The number of aliphatic hydroxyl groups excluding tert-OH is 1. The van der Waals surface area contributed by atoms with E-state index >= 15 is 0 Å². The number of methoxy groups -OCH3 is 1. The van der Waals surface area contributed by atoms with Crippen LogP contribution in [-0.4, -0.2) is 62.3 Å². The molecule has 1 amide bonds. The first-order valence-electron chi connectivity index (χ1n) is 11.7. The summed E-state index contributed by atoms with van der Waals surface area (Å²) >= 11 is 0. The fraction of sp³-hybridized carbons (Fsp3) is 0.500. The molecule has 0 aliphatic rings. The first-order chi connectivity index (χ1) is 17.1. The first-order valence-corrected chi connectivity index (χ1v) is 11.7. The number of hydrogen-bond donors (Lipinski definition) is 3. The molecule has 2 heterocycles. The minimum Gasteiger partial charge on any atom is -0.497 e. The summed E-state index contributed by atoms with van der Waals surface area (Å²) < 4.78 is 14.7. The van der Waals surface area contributed by atoms with Crippen LogP contribution in [0.5, 0.6) is 5.75 Å². The molecule has 0 saturated heterocycles. The number of nitrogens with zero attached hydrogens (tertiary/aromatic N) is 4. The second-order valence-electron chi connectivity index (χ2n) is 9.28. The van der Waals surface area contributed by atoms with Gasteiger partial charge in [0.15, 0.2) is 11.2 Å². The molecule has 12 nitrogen and oxygen atoms in total. The molecule has 2 aromatic heterocycles. The Bertz CT molecular complexity index is 1330. The third-order valence-corrected chi connectivity index (χ3v) is 5.33. The lowest BCUT2D eigenvalue weighted by Crippen LogP contribution is -2.40. The Kier molecular flexibility index (Phi) is 8.41. The van der Waals surface area contributed by atoms with Crippen molar-refractivity contribution in [1.29, 1.82) is 0 Å². The van der Waals surface area contributed by atoms with Gasteiger partial charge in [-0.2, -0.15) is 4.98 Å². The standard InChI is InChI=1S/C24H34N6O6/c1-24(2,3)36-22(33)26-10-7-12-29-20(32)18-19(28(4)23(29)34)27-21(25-11-13-31)30(18)15-16-8-6-9-17(14-16)35-5/h6,8-9,14,31H,7,10-13,15H2,1-5H3,(H,25,27)(H,26,33). The number of imidazole rings is 1. The van der Waals surface area contributed by atoms with Crippen molar-refractivity contribution in [3.8, 4) is 5.75 Å². The topological polar surface area (TPSA) is 142 Å². The zero-order valence-corrected chi connectivity index (χ0v) is 21.3. The van der Waals surface area contributed by atoms with E-state index in [1.807, 2.05) is 24.3 Å². The molecule has 0 fully saturated rings. The van der Waals surface area contributed by atoms with Crippen LogP contribution in [0.1, 0.15) is 32.8 Å². The normalized spacial score (nSPS) is 11.5. The van der Waals surface area contributed by atoms with E-state index in [-0.39, 0.29) is 43.9 Å². The number of aliphatic hydroxyl groups is 1. The number of aromatic nitrogens is 4. The molecule has 0 atom stereocenters. The Hall–Kier alpha value is -3.80. The van der Waals surface area contributed by atoms with Gasteiger partial charge >= 0.3 is 11.8 Å². The van der Waals surface area contributed by atoms with Crippen LogP contribution in [0.15, 0.2) is 33.9 Å². The van der Waals surface area contributed by atoms with Gasteiger partial charge in [-0.05, 0) is 44.9 Å². The minimum atomic E-state index is -0.620. The van der Waals surface area contributed by atoms with E-state index in [1.165, 1.54) is 4.57 Å². The minimum absolute atomic E-state index is 0.0982. The van der Waals surface area contributed by atoms with Crippen LogP contribution in [-0.2, 0) is 24.9 Å². The summed E-state index contributed by atoms with van der Waals surface area (Å²) in [6, 6.07) is 7.42. The molecular formula is C24H34N6O6. The van der Waals surface area contributed by atoms with E-state index in [2.05, 4.69) is 15.6 Å². The highest BCUT2D eigenvalue weighted by Crippen LogP contribution is 2.20. The lowest BCUT2D eigenvalue weighted by Gasteiger charge is -2.19. The van der Waals surface area contributed by atoms with Crippen molar-refractivity contribution < 1.29 is 19.4 Å². The van der Waals surface area contributed by atoms with Crippen molar-refractivity contribution in [1.82, 2.24) is 24.0 Å². The molecule has 0 bridgehead atoms. The molecule has 3 N–H and O–H groups in total. The van der Waals surface area contributed by atoms with E-state index in [1.54, 1.807) is 39.5 Å². The van der Waals surface area contributed by atoms with E-state index < -0.39 is 22.9 Å². The highest BCUT2D eigenvalue weighted by Gasteiger charge is 2.21. The summed E-state index contributed by atoms with van der Waals surface area (Å²) in [6.45, 7) is 6.01. The number of nitrogens with one attached hydrogen (secondary N) is 2. The maximum atomic E-state index is 13.5. The Morgan fingerprint density at radius 1 is 1.17 bits per heavy atom. The van der Waals surface area contributed by atoms with Crippen molar-refractivity contribution in [2.45, 2.75) is 45.9 Å². The Morgan fingerprint density at radius 3 is 2.58 bits per heavy atom. The van der Waals surface area contributed by atoms with E-state index in [9.17, 15) is 19.5 Å². The van der Waals surface area contributed by atoms with Gasteiger partial charge in [0.05, 0.1) is 20.3 Å². The van der Waals surface area contributed by atoms with Crippen LogP contribution < -0.4 is 26.6 Å². The zero-order chi connectivity index (χ0) is 26.5. The molecule has 0 aliphatic heterocycles. The van der Waals surface area contributed by atoms with Gasteiger partial charge in [0.1, 0.15) is 11.4 Å². The molecule has 0 saturated carbocycles. The predicted molar refractivity (Wildman–Crippen MR) is 136 cm³/mol. The van der Waals surface area contributed by atoms with Crippen LogP contribution in [0, 0.1) is 0 Å². The molecule has 12 heteroatoms. The average Bonchev–Trinajstić information content (AvgIpc) is 3.18. The van der Waals surface area contributed by atoms with Gasteiger partial charge in [0.2, 0.25) is 5.95 Å². The quantitative estimate of drug-likeness (QED) is 0.352. The van der Waals surface area contributed by atoms with Crippen molar-refractivity contribution in [3.05, 3.63) is 50.7 Å². The second-order valence-corrected chi connectivity index (χ2v) is 9.28. The van der Waals surface area contributed by atoms with Gasteiger partial charge in [0, 0.05) is 26.7 Å². The maximum Gasteiger partial charge on any atom is 0.407 e. The molecule has 3 aromatic rings. The van der Waals surface area contributed by atoms with E-state index in [0.717, 1.165) is 10.1 Å². The number of fused-ring (bicyclic) bond motifs is 1. The summed E-state index contributed by atoms with van der Waals surface area (Å²) in [5, 5.41) is 15.0. The third-order valence-electron chi connectivity index (χ3n) is 5.33. The molecule has 196 valence electrons. The average molecular weight is 503 g/mol. The highest BCUT2D eigenvalue weighted by atomic mass is 16.6. The Morgan fingerprint density at radius 2 is 1.92 bits per heavy atom.